The van der Waals surface area contributed by atoms with Gasteiger partial charge in [0.15, 0.2) is 0 Å². The van der Waals surface area contributed by atoms with E-state index in [0.717, 1.165) is 19.5 Å². The number of piperidine rings is 1. The Morgan fingerprint density at radius 3 is 3.00 bits per heavy atom. The maximum absolute atomic E-state index is 11.8. The first-order valence-electron chi connectivity index (χ1n) is 7.41. The third-order valence-corrected chi connectivity index (χ3v) is 3.57. The fraction of sp³-hybridized carbons (Fsp3) is 0.562. The Morgan fingerprint density at radius 1 is 1.40 bits per heavy atom. The molecule has 1 aliphatic heterocycles. The first-order chi connectivity index (χ1) is 9.81. The van der Waals surface area contributed by atoms with E-state index in [1.807, 2.05) is 18.2 Å². The molecule has 110 valence electrons. The number of para-hydroxylation sites is 1. The van der Waals surface area contributed by atoms with Gasteiger partial charge in [0, 0.05) is 0 Å². The zero-order valence-electron chi connectivity index (χ0n) is 12.1. The van der Waals surface area contributed by atoms with E-state index in [1.54, 1.807) is 13.0 Å². The molecular formula is C16H23NO3. The standard InChI is InChI=1S/C16H23NO3/c1-2-19-16(18)14-7-3-4-8-15(14)20-11-9-13-6-5-10-17-12-13/h3-4,7-8,13,17H,2,5-6,9-12H2,1H3/t13-/m0/s1. The number of hydrogen-bond acceptors (Lipinski definition) is 4. The minimum Gasteiger partial charge on any atom is -0.493 e. The first kappa shape index (κ1) is 14.9. The van der Waals surface area contributed by atoms with Crippen LogP contribution in [-0.4, -0.2) is 32.3 Å². The minimum atomic E-state index is -0.317. The van der Waals surface area contributed by atoms with Crippen LogP contribution in [-0.2, 0) is 4.74 Å². The summed E-state index contributed by atoms with van der Waals surface area (Å²) >= 11 is 0. The van der Waals surface area contributed by atoms with Crippen LogP contribution in [0, 0.1) is 5.92 Å². The molecule has 1 aromatic rings. The van der Waals surface area contributed by atoms with Gasteiger partial charge in [0.1, 0.15) is 11.3 Å². The predicted octanol–water partition coefficient (Wildman–Crippen LogP) is 2.63. The Morgan fingerprint density at radius 2 is 2.25 bits per heavy atom. The van der Waals surface area contributed by atoms with Crippen LogP contribution >= 0.6 is 0 Å². The Kier molecular flexibility index (Phi) is 5.87. The summed E-state index contributed by atoms with van der Waals surface area (Å²) in [5.41, 5.74) is 0.510. The fourth-order valence-electron chi connectivity index (χ4n) is 2.48. The molecule has 2 rings (SSSR count). The number of ether oxygens (including phenoxy) is 2. The molecule has 1 saturated heterocycles. The Hall–Kier alpha value is -1.55. The van der Waals surface area contributed by atoms with Gasteiger partial charge in [0.05, 0.1) is 13.2 Å². The summed E-state index contributed by atoms with van der Waals surface area (Å²) in [6, 6.07) is 7.27. The highest BCUT2D eigenvalue weighted by Crippen LogP contribution is 2.20. The molecule has 0 saturated carbocycles. The molecule has 0 aromatic heterocycles. The number of nitrogens with one attached hydrogen (secondary N) is 1. The van der Waals surface area contributed by atoms with Crippen molar-refractivity contribution in [3.8, 4) is 5.75 Å². The molecule has 0 unspecified atom stereocenters. The zero-order valence-corrected chi connectivity index (χ0v) is 12.1. The summed E-state index contributed by atoms with van der Waals surface area (Å²) in [6.45, 7) is 5.02. The van der Waals surface area contributed by atoms with E-state index >= 15 is 0 Å². The lowest BCUT2D eigenvalue weighted by molar-refractivity contribution is 0.0521. The molecule has 1 fully saturated rings. The van der Waals surface area contributed by atoms with Crippen molar-refractivity contribution in [1.29, 1.82) is 0 Å². The van der Waals surface area contributed by atoms with Crippen LogP contribution in [0.4, 0.5) is 0 Å². The molecule has 1 heterocycles. The Labute approximate surface area is 120 Å². The second-order valence-electron chi connectivity index (χ2n) is 5.07. The van der Waals surface area contributed by atoms with E-state index in [9.17, 15) is 4.79 Å². The van der Waals surface area contributed by atoms with Crippen molar-refractivity contribution in [2.24, 2.45) is 5.92 Å². The summed E-state index contributed by atoms with van der Waals surface area (Å²) in [5, 5.41) is 3.40. The number of benzene rings is 1. The van der Waals surface area contributed by atoms with Crippen molar-refractivity contribution < 1.29 is 14.3 Å². The summed E-state index contributed by atoms with van der Waals surface area (Å²) in [6.07, 6.45) is 3.52. The second-order valence-corrected chi connectivity index (χ2v) is 5.07. The predicted molar refractivity (Wildman–Crippen MR) is 78.1 cm³/mol. The maximum atomic E-state index is 11.8. The quantitative estimate of drug-likeness (QED) is 0.812. The Balaban J connectivity index is 1.86. The zero-order chi connectivity index (χ0) is 14.2. The Bertz CT molecular complexity index is 427. The molecule has 1 aromatic carbocycles. The van der Waals surface area contributed by atoms with Gasteiger partial charge in [-0.05, 0) is 57.3 Å². The minimum absolute atomic E-state index is 0.317. The average Bonchev–Trinajstić information content (AvgIpc) is 2.49. The van der Waals surface area contributed by atoms with E-state index in [4.69, 9.17) is 9.47 Å². The van der Waals surface area contributed by atoms with E-state index in [-0.39, 0.29) is 5.97 Å². The van der Waals surface area contributed by atoms with Crippen LogP contribution in [0.3, 0.4) is 0 Å². The van der Waals surface area contributed by atoms with Gasteiger partial charge in [0.2, 0.25) is 0 Å². The van der Waals surface area contributed by atoms with Crippen LogP contribution in [0.1, 0.15) is 36.5 Å². The van der Waals surface area contributed by atoms with Crippen LogP contribution in [0.25, 0.3) is 0 Å². The van der Waals surface area contributed by atoms with Crippen LogP contribution < -0.4 is 10.1 Å². The lowest BCUT2D eigenvalue weighted by atomic mass is 9.97. The largest absolute Gasteiger partial charge is 0.493 e. The van der Waals surface area contributed by atoms with Crippen LogP contribution in [0.2, 0.25) is 0 Å². The second kappa shape index (κ2) is 7.90. The van der Waals surface area contributed by atoms with Crippen molar-refractivity contribution in [2.75, 3.05) is 26.3 Å². The van der Waals surface area contributed by atoms with Gasteiger partial charge in [-0.2, -0.15) is 0 Å². The van der Waals surface area contributed by atoms with Gasteiger partial charge < -0.3 is 14.8 Å². The van der Waals surface area contributed by atoms with Crippen molar-refractivity contribution in [3.63, 3.8) is 0 Å². The molecule has 4 nitrogen and oxygen atoms in total. The number of carbonyl (C=O) groups is 1. The summed E-state index contributed by atoms with van der Waals surface area (Å²) in [4.78, 5) is 11.8. The summed E-state index contributed by atoms with van der Waals surface area (Å²) < 4.78 is 10.8. The number of hydrogen-bond donors (Lipinski definition) is 1. The normalized spacial score (nSPS) is 18.6. The van der Waals surface area contributed by atoms with Crippen LogP contribution in [0.15, 0.2) is 24.3 Å². The van der Waals surface area contributed by atoms with Crippen molar-refractivity contribution in [2.45, 2.75) is 26.2 Å². The van der Waals surface area contributed by atoms with E-state index in [2.05, 4.69) is 5.32 Å². The molecule has 0 spiro atoms. The maximum Gasteiger partial charge on any atom is 0.341 e. The lowest BCUT2D eigenvalue weighted by Crippen LogP contribution is -2.30. The molecule has 0 radical (unpaired) electrons. The van der Waals surface area contributed by atoms with E-state index < -0.39 is 0 Å². The van der Waals surface area contributed by atoms with Gasteiger partial charge in [-0.3, -0.25) is 0 Å². The van der Waals surface area contributed by atoms with Gasteiger partial charge in [-0.1, -0.05) is 12.1 Å². The number of esters is 1. The third-order valence-electron chi connectivity index (χ3n) is 3.57. The smallest absolute Gasteiger partial charge is 0.341 e. The molecule has 20 heavy (non-hydrogen) atoms. The monoisotopic (exact) mass is 277 g/mol. The topological polar surface area (TPSA) is 47.6 Å². The highest BCUT2D eigenvalue weighted by atomic mass is 16.5. The van der Waals surface area contributed by atoms with E-state index in [0.29, 0.717) is 30.4 Å². The highest BCUT2D eigenvalue weighted by Gasteiger charge is 2.15. The van der Waals surface area contributed by atoms with Crippen molar-refractivity contribution in [1.82, 2.24) is 5.32 Å². The van der Waals surface area contributed by atoms with Gasteiger partial charge in [-0.15, -0.1) is 0 Å². The number of carbonyl (C=O) groups excluding carboxylic acids is 1. The molecule has 1 N–H and O–H groups in total. The van der Waals surface area contributed by atoms with E-state index in [1.165, 1.54) is 12.8 Å². The molecule has 0 bridgehead atoms. The van der Waals surface area contributed by atoms with Crippen molar-refractivity contribution >= 4 is 5.97 Å². The SMILES string of the molecule is CCOC(=O)c1ccccc1OCC[C@@H]1CCCNC1. The first-order valence-corrected chi connectivity index (χ1v) is 7.41. The average molecular weight is 277 g/mol. The molecule has 0 aliphatic carbocycles. The van der Waals surface area contributed by atoms with Gasteiger partial charge in [-0.25, -0.2) is 4.79 Å². The third kappa shape index (κ3) is 4.23. The summed E-state index contributed by atoms with van der Waals surface area (Å²) in [5.74, 6) is 0.982. The summed E-state index contributed by atoms with van der Waals surface area (Å²) in [7, 11) is 0. The molecular weight excluding hydrogens is 254 g/mol. The molecule has 4 heteroatoms. The van der Waals surface area contributed by atoms with Gasteiger partial charge >= 0.3 is 5.97 Å². The van der Waals surface area contributed by atoms with Gasteiger partial charge in [0.25, 0.3) is 0 Å². The molecule has 1 aliphatic rings. The number of rotatable bonds is 6. The molecule has 1 atom stereocenters. The molecule has 0 amide bonds. The fourth-order valence-corrected chi connectivity index (χ4v) is 2.48. The highest BCUT2D eigenvalue weighted by molar-refractivity contribution is 5.92. The van der Waals surface area contributed by atoms with Crippen molar-refractivity contribution in [3.05, 3.63) is 29.8 Å². The lowest BCUT2D eigenvalue weighted by Gasteiger charge is -2.22. The van der Waals surface area contributed by atoms with Crippen LogP contribution in [0.5, 0.6) is 5.75 Å².